The molecule has 0 saturated heterocycles. The number of rotatable bonds is 47. The van der Waals surface area contributed by atoms with Gasteiger partial charge in [-0.2, -0.15) is 0 Å². The van der Waals surface area contributed by atoms with E-state index in [-0.39, 0.29) is 62.4 Å². The van der Waals surface area contributed by atoms with Crippen LogP contribution in [0.5, 0.6) is 5.75 Å². The predicted molar refractivity (Wildman–Crippen MR) is 268 cm³/mol. The predicted octanol–water partition coefficient (Wildman–Crippen LogP) is 1.80. The first-order chi connectivity index (χ1) is 34.3. The highest BCUT2D eigenvalue weighted by molar-refractivity contribution is 7.97. The van der Waals surface area contributed by atoms with E-state index >= 15 is 0 Å². The molecule has 0 unspecified atom stereocenters. The Bertz CT molecular complexity index is 1600. The smallest absolute Gasteiger partial charge is 0.220 e. The Morgan fingerprint density at radius 2 is 0.900 bits per heavy atom. The van der Waals surface area contributed by atoms with Crippen LogP contribution in [0.25, 0.3) is 0 Å². The summed E-state index contributed by atoms with van der Waals surface area (Å²) in [6.07, 6.45) is 3.41. The molecule has 2 aromatic rings. The zero-order valence-electron chi connectivity index (χ0n) is 41.3. The van der Waals surface area contributed by atoms with Crippen molar-refractivity contribution in [1.82, 2.24) is 20.7 Å². The largest absolute Gasteiger partial charge is 0.486 e. The molecule has 10 N–H and O–H groups in total. The summed E-state index contributed by atoms with van der Waals surface area (Å²) in [7, 11) is 0. The van der Waals surface area contributed by atoms with E-state index in [4.69, 9.17) is 64.6 Å². The van der Waals surface area contributed by atoms with Gasteiger partial charge in [-0.3, -0.25) is 19.1 Å². The molecule has 398 valence electrons. The highest BCUT2D eigenvalue weighted by Gasteiger charge is 2.28. The van der Waals surface area contributed by atoms with Crippen LogP contribution in [-0.2, 0) is 63.4 Å². The van der Waals surface area contributed by atoms with Crippen LogP contribution in [0.1, 0.15) is 62.2 Å². The van der Waals surface area contributed by atoms with Crippen molar-refractivity contribution in [2.45, 2.75) is 67.9 Å². The van der Waals surface area contributed by atoms with Crippen LogP contribution in [0.15, 0.2) is 53.4 Å². The zero-order valence-corrected chi connectivity index (χ0v) is 42.1. The van der Waals surface area contributed by atoms with Gasteiger partial charge in [0.15, 0.2) is 0 Å². The number of carbonyl (C=O) groups excluding carboxylic acids is 3. The van der Waals surface area contributed by atoms with Crippen molar-refractivity contribution in [1.29, 1.82) is 0 Å². The van der Waals surface area contributed by atoms with E-state index in [0.717, 1.165) is 23.5 Å². The standard InChI is InChI=1S/C49H83N7O13S/c50-17-23-60-29-35-66-37-31-62-25-19-53-46(57)11-14-49(52,15-12-47(58)54-20-26-63-32-38-67-36-30-61-24-18-51)16-13-48(59)55-21-27-64-33-39-68-40-34-65-28-22-56-70-43-8-6-42(7-9-43)69-45-10-5-41-3-1-2-4-44(41)45/h1-4,6-9,45,56H,5,10-40,50-52H2,(H,53,57)(H,54,58)(H,55,59)/t45-/m1/s1. The molecule has 21 heteroatoms. The van der Waals surface area contributed by atoms with Crippen LogP contribution < -0.4 is 42.6 Å². The summed E-state index contributed by atoms with van der Waals surface area (Å²) in [6, 6.07) is 16.6. The van der Waals surface area contributed by atoms with Crippen LogP contribution in [0, 0.1) is 0 Å². The van der Waals surface area contributed by atoms with Crippen molar-refractivity contribution < 1.29 is 61.8 Å². The fraction of sp³-hybridized carbons (Fsp3) is 0.694. The van der Waals surface area contributed by atoms with Gasteiger partial charge in [0.1, 0.15) is 11.9 Å². The Hall–Kier alpha value is -3.52. The lowest BCUT2D eigenvalue weighted by Crippen LogP contribution is -2.44. The molecule has 1 atom stereocenters. The third kappa shape index (κ3) is 31.0. The normalized spacial score (nSPS) is 13.3. The number of hydrogen-bond donors (Lipinski definition) is 7. The minimum Gasteiger partial charge on any atom is -0.486 e. The molecule has 0 aliphatic heterocycles. The van der Waals surface area contributed by atoms with Crippen molar-refractivity contribution in [2.24, 2.45) is 17.2 Å². The van der Waals surface area contributed by atoms with Crippen molar-refractivity contribution >= 4 is 29.7 Å². The van der Waals surface area contributed by atoms with Gasteiger partial charge in [0.2, 0.25) is 17.7 Å². The lowest BCUT2D eigenvalue weighted by molar-refractivity contribution is -0.121. The average Bonchev–Trinajstić information content (AvgIpc) is 3.78. The molecule has 2 aromatic carbocycles. The van der Waals surface area contributed by atoms with Crippen molar-refractivity contribution in [3.8, 4) is 5.75 Å². The monoisotopic (exact) mass is 1010 g/mol. The first kappa shape index (κ1) is 60.8. The fourth-order valence-electron chi connectivity index (χ4n) is 6.95. The quantitative estimate of drug-likeness (QED) is 0.0368. The number of amides is 3. The molecular weight excluding hydrogens is 927 g/mol. The molecular formula is C49H83N7O13S. The number of benzene rings is 2. The van der Waals surface area contributed by atoms with Gasteiger partial charge < -0.3 is 80.5 Å². The fourth-order valence-corrected chi connectivity index (χ4v) is 7.57. The second-order valence-corrected chi connectivity index (χ2v) is 17.3. The van der Waals surface area contributed by atoms with E-state index in [9.17, 15) is 14.4 Å². The molecule has 0 heterocycles. The van der Waals surface area contributed by atoms with Crippen LogP contribution >= 0.6 is 11.9 Å². The summed E-state index contributed by atoms with van der Waals surface area (Å²) in [4.78, 5) is 39.3. The van der Waals surface area contributed by atoms with Gasteiger partial charge in [0.05, 0.1) is 119 Å². The maximum absolute atomic E-state index is 12.8. The van der Waals surface area contributed by atoms with E-state index in [1.54, 1.807) is 11.9 Å². The van der Waals surface area contributed by atoms with Crippen molar-refractivity contribution in [3.63, 3.8) is 0 Å². The highest BCUT2D eigenvalue weighted by atomic mass is 32.2. The summed E-state index contributed by atoms with van der Waals surface area (Å²) in [5.41, 5.74) is 19.3. The number of nitrogens with one attached hydrogen (secondary N) is 4. The first-order valence-corrected chi connectivity index (χ1v) is 25.6. The topological polar surface area (TPSA) is 270 Å². The molecule has 3 rings (SSSR count). The molecule has 0 radical (unpaired) electrons. The Labute approximate surface area is 419 Å². The third-order valence-electron chi connectivity index (χ3n) is 10.7. The van der Waals surface area contributed by atoms with Gasteiger partial charge in [0, 0.05) is 69.0 Å². The summed E-state index contributed by atoms with van der Waals surface area (Å²) in [5.74, 6) is 0.281. The molecule has 3 amide bonds. The lowest BCUT2D eigenvalue weighted by Gasteiger charge is -2.29. The average molecular weight is 1010 g/mol. The second kappa shape index (κ2) is 41.0. The Morgan fingerprint density at radius 1 is 0.514 bits per heavy atom. The number of ether oxygens (including phenoxy) is 10. The molecule has 1 aliphatic carbocycles. The number of fused-ring (bicyclic) bond motifs is 1. The van der Waals surface area contributed by atoms with E-state index in [0.29, 0.717) is 158 Å². The summed E-state index contributed by atoms with van der Waals surface area (Å²) >= 11 is 1.55. The summed E-state index contributed by atoms with van der Waals surface area (Å²) in [6.45, 7) is 10.2. The van der Waals surface area contributed by atoms with Crippen LogP contribution in [0.2, 0.25) is 0 Å². The molecule has 1 aliphatic rings. The minimum atomic E-state index is -0.936. The second-order valence-electron chi connectivity index (χ2n) is 16.3. The van der Waals surface area contributed by atoms with Gasteiger partial charge in [-0.25, -0.2) is 0 Å². The van der Waals surface area contributed by atoms with E-state index in [1.165, 1.54) is 11.1 Å². The van der Waals surface area contributed by atoms with E-state index < -0.39 is 5.54 Å². The molecule has 70 heavy (non-hydrogen) atoms. The Kier molecular flexibility index (Phi) is 35.6. The summed E-state index contributed by atoms with van der Waals surface area (Å²) in [5, 5.41) is 8.53. The van der Waals surface area contributed by atoms with Crippen LogP contribution in [-0.4, -0.2) is 181 Å². The summed E-state index contributed by atoms with van der Waals surface area (Å²) < 4.78 is 58.9. The Balaban J connectivity index is 1.20. The lowest BCUT2D eigenvalue weighted by atomic mass is 9.84. The maximum atomic E-state index is 12.8. The Morgan fingerprint density at radius 3 is 1.33 bits per heavy atom. The number of hydrogen-bond acceptors (Lipinski definition) is 18. The van der Waals surface area contributed by atoms with Crippen LogP contribution in [0.4, 0.5) is 0 Å². The highest BCUT2D eigenvalue weighted by Crippen LogP contribution is 2.35. The maximum Gasteiger partial charge on any atom is 0.220 e. The van der Waals surface area contributed by atoms with E-state index in [1.807, 2.05) is 12.1 Å². The molecule has 0 bridgehead atoms. The van der Waals surface area contributed by atoms with Gasteiger partial charge in [-0.15, -0.1) is 0 Å². The van der Waals surface area contributed by atoms with Crippen molar-refractivity contribution in [2.75, 3.05) is 158 Å². The minimum absolute atomic E-state index is 0.114. The molecule has 0 aromatic heterocycles. The zero-order chi connectivity index (χ0) is 50.0. The number of carbonyl (C=O) groups is 3. The van der Waals surface area contributed by atoms with Gasteiger partial charge in [0.25, 0.3) is 0 Å². The SMILES string of the molecule is NCCOCCOCCOCCNC(=O)CCC(N)(CCC(=O)NCCOCCOCCOCCN)CCC(=O)NCCOCCOCCOCCNSc1ccc(O[C@@H]2CCc3ccccc32)cc1. The molecule has 0 fully saturated rings. The molecule has 0 saturated carbocycles. The number of nitrogens with two attached hydrogens (primary N) is 3. The number of aryl methyl sites for hydroxylation is 1. The van der Waals surface area contributed by atoms with Gasteiger partial charge in [-0.05, 0) is 79.4 Å². The van der Waals surface area contributed by atoms with E-state index in [2.05, 4.69) is 57.1 Å². The third-order valence-corrected chi connectivity index (χ3v) is 11.6. The van der Waals surface area contributed by atoms with Gasteiger partial charge >= 0.3 is 0 Å². The van der Waals surface area contributed by atoms with Crippen molar-refractivity contribution in [3.05, 3.63) is 59.7 Å². The first-order valence-electron chi connectivity index (χ1n) is 24.7. The van der Waals surface area contributed by atoms with Crippen LogP contribution in [0.3, 0.4) is 0 Å². The van der Waals surface area contributed by atoms with Gasteiger partial charge in [-0.1, -0.05) is 24.3 Å². The molecule has 0 spiro atoms. The molecule has 20 nitrogen and oxygen atoms in total.